The molecule has 0 aliphatic carbocycles. The highest BCUT2D eigenvalue weighted by Crippen LogP contribution is 2.36. The number of benzene rings is 2. The minimum Gasteiger partial charge on any atom is -0.471 e. The zero-order valence-electron chi connectivity index (χ0n) is 19.8. The van der Waals surface area contributed by atoms with Crippen molar-refractivity contribution < 1.29 is 9.16 Å². The lowest BCUT2D eigenvalue weighted by atomic mass is 10.1. The molecule has 33 heavy (non-hydrogen) atoms. The average molecular weight is 527 g/mol. The molecule has 2 aromatic rings. The van der Waals surface area contributed by atoms with Gasteiger partial charge in [0.25, 0.3) is 12.1 Å². The van der Waals surface area contributed by atoms with Gasteiger partial charge in [-0.2, -0.15) is 0 Å². The van der Waals surface area contributed by atoms with Gasteiger partial charge in [0.15, 0.2) is 0 Å². The van der Waals surface area contributed by atoms with Crippen LogP contribution in [-0.4, -0.2) is 30.7 Å². The smallest absolute Gasteiger partial charge is 0.265 e. The first kappa shape index (κ1) is 27.9. The van der Waals surface area contributed by atoms with Crippen LogP contribution in [0.15, 0.2) is 72.8 Å². The standard InChI is InChI=1S/C26H34Cl3NO2Si/c1-5-6-14-21(32-24(30)26(27,28)29)15-13-20-31-33(25(2,3)4,22-16-9-7-10-17-22)23-18-11-8-12-19-23/h7-13,15-19,21,30H,5-6,14,20H2,1-4H3/b15-13+,30-24?/t21-/m0/s1. The molecule has 0 saturated heterocycles. The van der Waals surface area contributed by atoms with E-state index in [2.05, 4.69) is 76.2 Å². The third kappa shape index (κ3) is 7.59. The van der Waals surface area contributed by atoms with Crippen LogP contribution in [0.4, 0.5) is 0 Å². The SMILES string of the molecule is CCCC[C@@H](/C=C/CO[Si](c1ccccc1)(c1ccccc1)C(C)(C)C)OC(=N)C(Cl)(Cl)Cl. The van der Waals surface area contributed by atoms with Gasteiger partial charge >= 0.3 is 0 Å². The monoisotopic (exact) mass is 525 g/mol. The van der Waals surface area contributed by atoms with Gasteiger partial charge in [0.05, 0.1) is 6.61 Å². The Morgan fingerprint density at radius 3 is 1.91 bits per heavy atom. The number of unbranched alkanes of at least 4 members (excludes halogenated alkanes) is 1. The lowest BCUT2D eigenvalue weighted by molar-refractivity contribution is 0.213. The van der Waals surface area contributed by atoms with Crippen LogP contribution in [0.2, 0.25) is 5.04 Å². The van der Waals surface area contributed by atoms with E-state index in [9.17, 15) is 0 Å². The van der Waals surface area contributed by atoms with Crippen LogP contribution in [0.25, 0.3) is 0 Å². The minimum absolute atomic E-state index is 0.0980. The Bertz CT molecular complexity index is 854. The second-order valence-corrected chi connectivity index (χ2v) is 15.6. The summed E-state index contributed by atoms with van der Waals surface area (Å²) in [5, 5.41) is 10.3. The van der Waals surface area contributed by atoms with E-state index in [-0.39, 0.29) is 17.0 Å². The molecule has 0 saturated carbocycles. The van der Waals surface area contributed by atoms with Crippen molar-refractivity contribution in [2.24, 2.45) is 0 Å². The third-order valence-electron chi connectivity index (χ3n) is 5.53. The van der Waals surface area contributed by atoms with Crippen molar-refractivity contribution in [1.29, 1.82) is 5.41 Å². The molecule has 0 spiro atoms. The maximum absolute atomic E-state index is 7.92. The molecular formula is C26H34Cl3NO2Si. The first-order chi connectivity index (χ1) is 15.5. The Hall–Kier alpha value is -1.30. The molecule has 1 N–H and O–H groups in total. The van der Waals surface area contributed by atoms with E-state index in [1.54, 1.807) is 0 Å². The Kier molecular flexibility index (Phi) is 10.5. The zero-order chi connectivity index (χ0) is 24.5. The fourth-order valence-electron chi connectivity index (χ4n) is 3.96. The molecule has 0 bridgehead atoms. The van der Waals surface area contributed by atoms with E-state index < -0.39 is 12.1 Å². The molecule has 180 valence electrons. The summed E-state index contributed by atoms with van der Waals surface area (Å²) in [6.07, 6.45) is 6.21. The number of hydrogen-bond donors (Lipinski definition) is 1. The van der Waals surface area contributed by atoms with Crippen molar-refractivity contribution in [2.45, 2.75) is 61.9 Å². The summed E-state index contributed by atoms with van der Waals surface area (Å²) < 4.78 is 10.6. The highest BCUT2D eigenvalue weighted by atomic mass is 35.6. The van der Waals surface area contributed by atoms with Gasteiger partial charge in [0, 0.05) is 0 Å². The van der Waals surface area contributed by atoms with Gasteiger partial charge in [-0.15, -0.1) is 0 Å². The first-order valence-corrected chi connectivity index (χ1v) is 14.3. The molecule has 2 aromatic carbocycles. The molecule has 7 heteroatoms. The third-order valence-corrected chi connectivity index (χ3v) is 11.1. The van der Waals surface area contributed by atoms with Crippen molar-refractivity contribution in [2.75, 3.05) is 6.61 Å². The van der Waals surface area contributed by atoms with E-state index in [4.69, 9.17) is 49.4 Å². The molecule has 0 unspecified atom stereocenters. The maximum atomic E-state index is 7.92. The molecule has 0 radical (unpaired) electrons. The number of halogens is 3. The van der Waals surface area contributed by atoms with Gasteiger partial charge in [-0.1, -0.05) is 136 Å². The van der Waals surface area contributed by atoms with Crippen molar-refractivity contribution in [3.8, 4) is 0 Å². The first-order valence-electron chi connectivity index (χ1n) is 11.3. The molecule has 0 fully saturated rings. The van der Waals surface area contributed by atoms with Crippen molar-refractivity contribution in [3.05, 3.63) is 72.8 Å². The van der Waals surface area contributed by atoms with Crippen molar-refractivity contribution in [1.82, 2.24) is 0 Å². The highest BCUT2D eigenvalue weighted by molar-refractivity contribution is 6.99. The summed E-state index contributed by atoms with van der Waals surface area (Å²) in [7, 11) is -2.61. The maximum Gasteiger partial charge on any atom is 0.265 e. The summed E-state index contributed by atoms with van der Waals surface area (Å²) in [5.41, 5.74) is 0. The van der Waals surface area contributed by atoms with E-state index >= 15 is 0 Å². The van der Waals surface area contributed by atoms with Gasteiger partial charge in [-0.3, -0.25) is 5.41 Å². The number of ether oxygens (including phenoxy) is 1. The van der Waals surface area contributed by atoms with Crippen LogP contribution in [0.3, 0.4) is 0 Å². The molecule has 2 rings (SSSR count). The fourth-order valence-corrected chi connectivity index (χ4v) is 8.60. The number of nitrogens with one attached hydrogen (secondary N) is 1. The summed E-state index contributed by atoms with van der Waals surface area (Å²) in [6.45, 7) is 9.27. The van der Waals surface area contributed by atoms with Gasteiger partial charge < -0.3 is 9.16 Å². The number of alkyl halides is 3. The van der Waals surface area contributed by atoms with Crippen molar-refractivity contribution >= 4 is 59.4 Å². The van der Waals surface area contributed by atoms with Gasteiger partial charge in [-0.05, 0) is 34.3 Å². The lowest BCUT2D eigenvalue weighted by Crippen LogP contribution is -2.66. The predicted molar refractivity (Wildman–Crippen MR) is 145 cm³/mol. The summed E-state index contributed by atoms with van der Waals surface area (Å²) in [5.74, 6) is -0.369. The van der Waals surface area contributed by atoms with Crippen LogP contribution < -0.4 is 10.4 Å². The van der Waals surface area contributed by atoms with Gasteiger partial charge in [-0.25, -0.2) is 0 Å². The largest absolute Gasteiger partial charge is 0.471 e. The summed E-state index contributed by atoms with van der Waals surface area (Å²) in [6, 6.07) is 21.0. The molecule has 0 aliphatic rings. The summed E-state index contributed by atoms with van der Waals surface area (Å²) >= 11 is 17.4. The predicted octanol–water partition coefficient (Wildman–Crippen LogP) is 7.04. The Morgan fingerprint density at radius 2 is 1.48 bits per heavy atom. The van der Waals surface area contributed by atoms with Crippen LogP contribution in [-0.2, 0) is 9.16 Å². The highest BCUT2D eigenvalue weighted by Gasteiger charge is 2.49. The number of hydrogen-bond acceptors (Lipinski definition) is 3. The van der Waals surface area contributed by atoms with Gasteiger partial charge in [0.1, 0.15) is 6.10 Å². The normalized spacial score (nSPS) is 13.8. The number of rotatable bonds is 10. The molecule has 0 aromatic heterocycles. The second-order valence-electron chi connectivity index (χ2n) is 9.03. The Morgan fingerprint density at radius 1 is 0.970 bits per heavy atom. The topological polar surface area (TPSA) is 42.3 Å². The lowest BCUT2D eigenvalue weighted by Gasteiger charge is -2.42. The van der Waals surface area contributed by atoms with E-state index in [0.29, 0.717) is 6.61 Å². The molecule has 1 atom stereocenters. The fraction of sp³-hybridized carbons (Fsp3) is 0.423. The van der Waals surface area contributed by atoms with Crippen molar-refractivity contribution in [3.63, 3.8) is 0 Å². The van der Waals surface area contributed by atoms with E-state index in [1.807, 2.05) is 24.3 Å². The molecule has 0 aliphatic heterocycles. The van der Waals surface area contributed by atoms with E-state index in [1.165, 1.54) is 10.4 Å². The van der Waals surface area contributed by atoms with Crippen LogP contribution in [0.5, 0.6) is 0 Å². The quantitative estimate of drug-likeness (QED) is 0.119. The zero-order valence-corrected chi connectivity index (χ0v) is 23.1. The average Bonchev–Trinajstić information content (AvgIpc) is 2.77. The Labute approximate surface area is 214 Å². The minimum atomic E-state index is -2.61. The second kappa shape index (κ2) is 12.4. The summed E-state index contributed by atoms with van der Waals surface area (Å²) in [4.78, 5) is 0. The molecular weight excluding hydrogens is 493 g/mol. The van der Waals surface area contributed by atoms with Crippen LogP contribution >= 0.6 is 34.8 Å². The van der Waals surface area contributed by atoms with Crippen LogP contribution in [0.1, 0.15) is 47.0 Å². The molecule has 0 heterocycles. The Balaban J connectivity index is 2.31. The van der Waals surface area contributed by atoms with Gasteiger partial charge in [0.2, 0.25) is 5.90 Å². The molecule has 3 nitrogen and oxygen atoms in total. The van der Waals surface area contributed by atoms with E-state index in [0.717, 1.165) is 19.3 Å². The molecule has 0 amide bonds. The van der Waals surface area contributed by atoms with Crippen LogP contribution in [0, 0.1) is 5.41 Å².